The molecule has 0 atom stereocenters. The number of hydrogen-bond donors (Lipinski definition) is 0. The summed E-state index contributed by atoms with van der Waals surface area (Å²) in [7, 11) is 0. The molecule has 1 aromatic heterocycles. The Bertz CT molecular complexity index is 333. The third-order valence-electron chi connectivity index (χ3n) is 3.52. The van der Waals surface area contributed by atoms with Crippen LogP contribution >= 0.6 is 0 Å². The van der Waals surface area contributed by atoms with Crippen LogP contribution in [0.3, 0.4) is 0 Å². The van der Waals surface area contributed by atoms with Gasteiger partial charge in [-0.25, -0.2) is 4.79 Å². The Morgan fingerprint density at radius 2 is 1.35 bits per heavy atom. The topological polar surface area (TPSA) is 31.2 Å². The van der Waals surface area contributed by atoms with Gasteiger partial charge in [0, 0.05) is 18.8 Å². The molecule has 0 aliphatic rings. The van der Waals surface area contributed by atoms with Crippen LogP contribution < -0.4 is 4.84 Å². The summed E-state index contributed by atoms with van der Waals surface area (Å²) in [5.41, 5.74) is 0. The Labute approximate surface area is 123 Å². The van der Waals surface area contributed by atoms with E-state index in [4.69, 9.17) is 4.84 Å². The van der Waals surface area contributed by atoms with Crippen LogP contribution in [0.5, 0.6) is 0 Å². The lowest BCUT2D eigenvalue weighted by molar-refractivity contribution is -0.144. The van der Waals surface area contributed by atoms with E-state index in [9.17, 15) is 4.79 Å². The lowest BCUT2D eigenvalue weighted by Crippen LogP contribution is -2.17. The van der Waals surface area contributed by atoms with Gasteiger partial charge in [-0.15, -0.1) is 0 Å². The molecule has 3 nitrogen and oxygen atoms in total. The van der Waals surface area contributed by atoms with Crippen LogP contribution in [0.15, 0.2) is 24.5 Å². The minimum atomic E-state index is -0.138. The van der Waals surface area contributed by atoms with Crippen molar-refractivity contribution in [1.82, 2.24) is 4.73 Å². The van der Waals surface area contributed by atoms with Crippen molar-refractivity contribution in [3.63, 3.8) is 0 Å². The first kappa shape index (κ1) is 16.8. The molecule has 0 aliphatic heterocycles. The minimum absolute atomic E-state index is 0.138. The molecule has 0 saturated heterocycles. The fraction of sp³-hybridized carbons (Fsp3) is 0.706. The molecule has 0 bridgehead atoms. The van der Waals surface area contributed by atoms with Crippen LogP contribution in [0.4, 0.5) is 0 Å². The molecule has 114 valence electrons. The second-order valence-electron chi connectivity index (χ2n) is 5.44. The van der Waals surface area contributed by atoms with Crippen LogP contribution in [0.2, 0.25) is 0 Å². The van der Waals surface area contributed by atoms with Crippen LogP contribution in [0.1, 0.15) is 77.6 Å². The average Bonchev–Trinajstić information content (AvgIpc) is 2.93. The van der Waals surface area contributed by atoms with E-state index in [1.807, 2.05) is 12.1 Å². The molecule has 0 fully saturated rings. The van der Waals surface area contributed by atoms with Gasteiger partial charge in [0.1, 0.15) is 0 Å². The van der Waals surface area contributed by atoms with Gasteiger partial charge in [0.05, 0.1) is 0 Å². The maximum atomic E-state index is 11.5. The van der Waals surface area contributed by atoms with Crippen LogP contribution in [0.25, 0.3) is 0 Å². The highest BCUT2D eigenvalue weighted by Gasteiger charge is 2.03. The lowest BCUT2D eigenvalue weighted by Gasteiger charge is -2.04. The summed E-state index contributed by atoms with van der Waals surface area (Å²) in [6, 6.07) is 3.68. The normalized spacial score (nSPS) is 10.7. The number of nitrogens with zero attached hydrogens (tertiary/aromatic N) is 1. The van der Waals surface area contributed by atoms with E-state index in [2.05, 4.69) is 6.92 Å². The van der Waals surface area contributed by atoms with Gasteiger partial charge in [-0.2, -0.15) is 4.73 Å². The molecule has 0 spiro atoms. The van der Waals surface area contributed by atoms with Crippen LogP contribution in [-0.4, -0.2) is 10.7 Å². The third kappa shape index (κ3) is 8.78. The molecule has 1 heterocycles. The van der Waals surface area contributed by atoms with Crippen molar-refractivity contribution in [1.29, 1.82) is 0 Å². The number of carbonyl (C=O) groups is 1. The molecule has 3 heteroatoms. The van der Waals surface area contributed by atoms with Gasteiger partial charge in [0.2, 0.25) is 0 Å². The van der Waals surface area contributed by atoms with E-state index in [0.717, 1.165) is 12.8 Å². The van der Waals surface area contributed by atoms with E-state index in [1.165, 1.54) is 56.1 Å². The van der Waals surface area contributed by atoms with E-state index < -0.39 is 0 Å². The van der Waals surface area contributed by atoms with Crippen molar-refractivity contribution < 1.29 is 9.63 Å². The monoisotopic (exact) mass is 279 g/mol. The van der Waals surface area contributed by atoms with Gasteiger partial charge < -0.3 is 4.84 Å². The molecular formula is C17H29NO2. The Morgan fingerprint density at radius 3 is 1.90 bits per heavy atom. The summed E-state index contributed by atoms with van der Waals surface area (Å²) in [6.45, 7) is 2.25. The molecule has 0 unspecified atom stereocenters. The number of carbonyl (C=O) groups excluding carboxylic acids is 1. The van der Waals surface area contributed by atoms with Crippen molar-refractivity contribution in [2.75, 3.05) is 0 Å². The first-order valence-electron chi connectivity index (χ1n) is 8.17. The summed E-state index contributed by atoms with van der Waals surface area (Å²) in [5.74, 6) is -0.138. The fourth-order valence-electron chi connectivity index (χ4n) is 2.30. The largest absolute Gasteiger partial charge is 0.337 e. The maximum absolute atomic E-state index is 11.5. The second-order valence-corrected chi connectivity index (χ2v) is 5.44. The Balaban J connectivity index is 1.83. The summed E-state index contributed by atoms with van der Waals surface area (Å²) in [5, 5.41) is 0. The highest BCUT2D eigenvalue weighted by molar-refractivity contribution is 5.69. The fourth-order valence-corrected chi connectivity index (χ4v) is 2.30. The summed E-state index contributed by atoms with van der Waals surface area (Å²) in [4.78, 5) is 16.6. The maximum Gasteiger partial charge on any atom is 0.332 e. The van der Waals surface area contributed by atoms with E-state index >= 15 is 0 Å². The van der Waals surface area contributed by atoms with Gasteiger partial charge in [0.15, 0.2) is 0 Å². The Hall–Kier alpha value is -1.25. The average molecular weight is 279 g/mol. The van der Waals surface area contributed by atoms with E-state index in [0.29, 0.717) is 6.42 Å². The summed E-state index contributed by atoms with van der Waals surface area (Å²) >= 11 is 0. The van der Waals surface area contributed by atoms with Gasteiger partial charge in [-0.05, 0) is 18.6 Å². The molecule has 0 radical (unpaired) electrons. The van der Waals surface area contributed by atoms with Crippen molar-refractivity contribution in [2.24, 2.45) is 0 Å². The SMILES string of the molecule is CCCCCCCCCCCCC(=O)On1cccc1. The van der Waals surface area contributed by atoms with Crippen molar-refractivity contribution in [3.8, 4) is 0 Å². The van der Waals surface area contributed by atoms with Gasteiger partial charge >= 0.3 is 5.97 Å². The standard InChI is InChI=1S/C17H29NO2/c1-2-3-4-5-6-7-8-9-10-11-14-17(19)20-18-15-12-13-16-18/h12-13,15-16H,2-11,14H2,1H3. The Morgan fingerprint density at radius 1 is 0.850 bits per heavy atom. The van der Waals surface area contributed by atoms with Crippen LogP contribution in [0, 0.1) is 0 Å². The molecule has 0 amide bonds. The molecular weight excluding hydrogens is 250 g/mol. The summed E-state index contributed by atoms with van der Waals surface area (Å²) < 4.78 is 1.46. The Kier molecular flexibility index (Phi) is 9.72. The van der Waals surface area contributed by atoms with Gasteiger partial charge in [0.25, 0.3) is 0 Å². The van der Waals surface area contributed by atoms with Gasteiger partial charge in [-0.3, -0.25) is 0 Å². The minimum Gasteiger partial charge on any atom is -0.337 e. The zero-order valence-electron chi connectivity index (χ0n) is 12.9. The van der Waals surface area contributed by atoms with E-state index in [-0.39, 0.29) is 5.97 Å². The molecule has 0 aromatic carbocycles. The third-order valence-corrected chi connectivity index (χ3v) is 3.52. The molecule has 0 saturated carbocycles. The molecule has 0 aliphatic carbocycles. The van der Waals surface area contributed by atoms with Crippen molar-refractivity contribution >= 4 is 5.97 Å². The zero-order valence-corrected chi connectivity index (χ0v) is 12.9. The smallest absolute Gasteiger partial charge is 0.332 e. The molecule has 1 aromatic rings. The van der Waals surface area contributed by atoms with Crippen molar-refractivity contribution in [3.05, 3.63) is 24.5 Å². The molecule has 20 heavy (non-hydrogen) atoms. The summed E-state index contributed by atoms with van der Waals surface area (Å²) in [6.07, 6.45) is 16.8. The lowest BCUT2D eigenvalue weighted by atomic mass is 10.1. The predicted octanol–water partition coefficient (Wildman–Crippen LogP) is 4.75. The van der Waals surface area contributed by atoms with Crippen LogP contribution in [-0.2, 0) is 4.79 Å². The molecule has 0 N–H and O–H groups in total. The predicted molar refractivity (Wildman–Crippen MR) is 82.5 cm³/mol. The zero-order chi connectivity index (χ0) is 14.5. The first-order valence-corrected chi connectivity index (χ1v) is 8.17. The number of unbranched alkanes of at least 4 members (excludes halogenated alkanes) is 9. The highest BCUT2D eigenvalue weighted by atomic mass is 16.7. The van der Waals surface area contributed by atoms with Crippen molar-refractivity contribution in [2.45, 2.75) is 77.6 Å². The highest BCUT2D eigenvalue weighted by Crippen LogP contribution is 2.11. The number of rotatable bonds is 12. The number of hydrogen-bond acceptors (Lipinski definition) is 2. The number of aromatic nitrogens is 1. The quantitative estimate of drug-likeness (QED) is 0.517. The van der Waals surface area contributed by atoms with E-state index in [1.54, 1.807) is 12.4 Å². The first-order chi connectivity index (χ1) is 9.83. The molecule has 1 rings (SSSR count). The second kappa shape index (κ2) is 11.6. The van der Waals surface area contributed by atoms with Gasteiger partial charge in [-0.1, -0.05) is 64.7 Å².